The minimum absolute atomic E-state index is 0.462. The quantitative estimate of drug-likeness (QED) is 0.633. The Kier molecular flexibility index (Phi) is 4.17. The van der Waals surface area contributed by atoms with Gasteiger partial charge in [0.15, 0.2) is 0 Å². The molecule has 1 heteroatoms. The first-order valence-corrected chi connectivity index (χ1v) is 8.03. The third kappa shape index (κ3) is 2.98. The maximum atomic E-state index is 9.07. The van der Waals surface area contributed by atoms with Crippen LogP contribution < -0.4 is 0 Å². The Bertz CT molecular complexity index is 913. The fraction of sp³-hybridized carbons (Fsp3) is 0.227. The molecule has 0 amide bonds. The number of benzene rings is 3. The van der Waals surface area contributed by atoms with Crippen molar-refractivity contribution in [3.63, 3.8) is 0 Å². The largest absolute Gasteiger partial charge is 0.198 e. The van der Waals surface area contributed by atoms with E-state index in [4.69, 9.17) is 5.26 Å². The molecule has 23 heavy (non-hydrogen) atoms. The first-order valence-electron chi connectivity index (χ1n) is 8.03. The third-order valence-electron chi connectivity index (χ3n) is 4.72. The van der Waals surface area contributed by atoms with Gasteiger partial charge in [-0.15, -0.1) is 0 Å². The van der Waals surface area contributed by atoms with Crippen molar-refractivity contribution in [3.05, 3.63) is 81.9 Å². The number of aryl methyl sites for hydroxylation is 2. The standard InChI is InChI=1S/C22H21N/c1-15-7-10-21-20(9-8-18(11-12-23)22(21)13-15)14-19-6-4-5-16(2)17(19)3/h4-10,13H,11,14H2,1-3H3. The van der Waals surface area contributed by atoms with Gasteiger partial charge in [0.2, 0.25) is 0 Å². The Balaban J connectivity index is 2.14. The van der Waals surface area contributed by atoms with Crippen LogP contribution in [0.2, 0.25) is 0 Å². The van der Waals surface area contributed by atoms with Gasteiger partial charge in [0, 0.05) is 0 Å². The molecule has 3 rings (SSSR count). The number of hydrogen-bond donors (Lipinski definition) is 0. The van der Waals surface area contributed by atoms with Crippen LogP contribution in [-0.2, 0) is 12.8 Å². The second-order valence-corrected chi connectivity index (χ2v) is 6.30. The lowest BCUT2D eigenvalue weighted by molar-refractivity contribution is 1.14. The zero-order valence-electron chi connectivity index (χ0n) is 14.0. The molecule has 0 aromatic heterocycles. The Hall–Kier alpha value is -2.59. The highest BCUT2D eigenvalue weighted by Gasteiger charge is 2.09. The number of rotatable bonds is 3. The van der Waals surface area contributed by atoms with Gasteiger partial charge >= 0.3 is 0 Å². The summed E-state index contributed by atoms with van der Waals surface area (Å²) in [5.41, 5.74) is 7.77. The summed E-state index contributed by atoms with van der Waals surface area (Å²) in [5, 5.41) is 11.6. The lowest BCUT2D eigenvalue weighted by atomic mass is 9.91. The van der Waals surface area contributed by atoms with Crippen molar-refractivity contribution in [1.82, 2.24) is 0 Å². The summed E-state index contributed by atoms with van der Waals surface area (Å²) in [5.74, 6) is 0. The van der Waals surface area contributed by atoms with E-state index >= 15 is 0 Å². The normalized spacial score (nSPS) is 10.7. The van der Waals surface area contributed by atoms with Crippen molar-refractivity contribution in [2.45, 2.75) is 33.6 Å². The third-order valence-corrected chi connectivity index (χ3v) is 4.72. The average Bonchev–Trinajstić information content (AvgIpc) is 2.54. The predicted octanol–water partition coefficient (Wildman–Crippen LogP) is 5.42. The maximum Gasteiger partial charge on any atom is 0.0669 e. The lowest BCUT2D eigenvalue weighted by Crippen LogP contribution is -1.97. The minimum atomic E-state index is 0.462. The number of hydrogen-bond acceptors (Lipinski definition) is 1. The van der Waals surface area contributed by atoms with Crippen LogP contribution >= 0.6 is 0 Å². The molecule has 0 atom stereocenters. The molecule has 0 aliphatic rings. The second kappa shape index (κ2) is 6.26. The highest BCUT2D eigenvalue weighted by molar-refractivity contribution is 5.89. The van der Waals surface area contributed by atoms with Crippen LogP contribution in [0, 0.1) is 32.1 Å². The molecule has 0 aliphatic carbocycles. The Morgan fingerprint density at radius 1 is 0.826 bits per heavy atom. The van der Waals surface area contributed by atoms with Crippen molar-refractivity contribution >= 4 is 10.8 Å². The minimum Gasteiger partial charge on any atom is -0.198 e. The van der Waals surface area contributed by atoms with E-state index in [0.717, 1.165) is 12.0 Å². The van der Waals surface area contributed by atoms with E-state index < -0.39 is 0 Å². The molecule has 114 valence electrons. The van der Waals surface area contributed by atoms with Gasteiger partial charge in [-0.3, -0.25) is 0 Å². The van der Waals surface area contributed by atoms with Crippen molar-refractivity contribution in [2.24, 2.45) is 0 Å². The van der Waals surface area contributed by atoms with Crippen LogP contribution in [0.25, 0.3) is 10.8 Å². The Morgan fingerprint density at radius 2 is 1.61 bits per heavy atom. The van der Waals surface area contributed by atoms with Crippen LogP contribution in [0.1, 0.15) is 33.4 Å². The summed E-state index contributed by atoms with van der Waals surface area (Å²) in [6.07, 6.45) is 1.39. The zero-order chi connectivity index (χ0) is 16.4. The van der Waals surface area contributed by atoms with Crippen molar-refractivity contribution in [3.8, 4) is 6.07 Å². The maximum absolute atomic E-state index is 9.07. The molecular formula is C22H21N. The second-order valence-electron chi connectivity index (χ2n) is 6.30. The van der Waals surface area contributed by atoms with Gasteiger partial charge < -0.3 is 0 Å². The van der Waals surface area contributed by atoms with Gasteiger partial charge in [-0.1, -0.05) is 54.1 Å². The molecule has 0 radical (unpaired) electrons. The predicted molar refractivity (Wildman–Crippen MR) is 96.7 cm³/mol. The Morgan fingerprint density at radius 3 is 2.39 bits per heavy atom. The molecule has 3 aromatic rings. The fourth-order valence-electron chi connectivity index (χ4n) is 3.19. The molecule has 0 heterocycles. The summed E-state index contributed by atoms with van der Waals surface area (Å²) in [7, 11) is 0. The molecule has 0 unspecified atom stereocenters. The molecule has 0 bridgehead atoms. The molecule has 0 fully saturated rings. The van der Waals surface area contributed by atoms with Crippen LogP contribution in [-0.4, -0.2) is 0 Å². The van der Waals surface area contributed by atoms with Gasteiger partial charge in [0.05, 0.1) is 12.5 Å². The van der Waals surface area contributed by atoms with Gasteiger partial charge in [-0.25, -0.2) is 0 Å². The lowest BCUT2D eigenvalue weighted by Gasteiger charge is -2.13. The molecule has 1 nitrogen and oxygen atoms in total. The molecule has 0 N–H and O–H groups in total. The average molecular weight is 299 g/mol. The smallest absolute Gasteiger partial charge is 0.0669 e. The Labute approximate surface area is 138 Å². The number of fused-ring (bicyclic) bond motifs is 1. The van der Waals surface area contributed by atoms with Crippen LogP contribution in [0.3, 0.4) is 0 Å². The SMILES string of the molecule is Cc1ccc2c(Cc3cccc(C)c3C)ccc(CC#N)c2c1. The first kappa shape index (κ1) is 15.3. The van der Waals surface area contributed by atoms with Crippen LogP contribution in [0.5, 0.6) is 0 Å². The van der Waals surface area contributed by atoms with Gasteiger partial charge in [0.1, 0.15) is 0 Å². The van der Waals surface area contributed by atoms with E-state index in [1.807, 2.05) is 0 Å². The monoisotopic (exact) mass is 299 g/mol. The summed E-state index contributed by atoms with van der Waals surface area (Å²) in [4.78, 5) is 0. The zero-order valence-corrected chi connectivity index (χ0v) is 14.0. The summed E-state index contributed by atoms with van der Waals surface area (Å²) in [6.45, 7) is 6.46. The van der Waals surface area contributed by atoms with Gasteiger partial charge in [-0.05, 0) is 65.8 Å². The highest BCUT2D eigenvalue weighted by atomic mass is 14.2. The van der Waals surface area contributed by atoms with Crippen LogP contribution in [0.4, 0.5) is 0 Å². The molecule has 0 aliphatic heterocycles. The van der Waals surface area contributed by atoms with E-state index in [2.05, 4.69) is 75.4 Å². The summed E-state index contributed by atoms with van der Waals surface area (Å²) in [6, 6.07) is 19.7. The van der Waals surface area contributed by atoms with E-state index in [9.17, 15) is 0 Å². The fourth-order valence-corrected chi connectivity index (χ4v) is 3.19. The van der Waals surface area contributed by atoms with E-state index in [1.54, 1.807) is 0 Å². The van der Waals surface area contributed by atoms with Gasteiger partial charge in [-0.2, -0.15) is 5.26 Å². The van der Waals surface area contributed by atoms with Gasteiger partial charge in [0.25, 0.3) is 0 Å². The first-order chi connectivity index (χ1) is 11.1. The van der Waals surface area contributed by atoms with Crippen LogP contribution in [0.15, 0.2) is 48.5 Å². The summed E-state index contributed by atoms with van der Waals surface area (Å²) >= 11 is 0. The molecule has 0 saturated carbocycles. The summed E-state index contributed by atoms with van der Waals surface area (Å²) < 4.78 is 0. The van der Waals surface area contributed by atoms with E-state index in [-0.39, 0.29) is 0 Å². The topological polar surface area (TPSA) is 23.8 Å². The van der Waals surface area contributed by atoms with Crippen molar-refractivity contribution < 1.29 is 0 Å². The molecule has 3 aromatic carbocycles. The number of nitriles is 1. The van der Waals surface area contributed by atoms with Crippen molar-refractivity contribution in [2.75, 3.05) is 0 Å². The molecule has 0 saturated heterocycles. The highest BCUT2D eigenvalue weighted by Crippen LogP contribution is 2.27. The van der Waals surface area contributed by atoms with E-state index in [0.29, 0.717) is 6.42 Å². The molecular weight excluding hydrogens is 278 g/mol. The van der Waals surface area contributed by atoms with E-state index in [1.165, 1.54) is 38.6 Å². The number of nitrogens with zero attached hydrogens (tertiary/aromatic N) is 1. The molecule has 0 spiro atoms. The van der Waals surface area contributed by atoms with Crippen molar-refractivity contribution in [1.29, 1.82) is 5.26 Å².